The van der Waals surface area contributed by atoms with Gasteiger partial charge in [-0.15, -0.1) is 11.6 Å². The summed E-state index contributed by atoms with van der Waals surface area (Å²) < 4.78 is 0. The molecular weight excluding hydrogens is 236 g/mol. The van der Waals surface area contributed by atoms with Crippen molar-refractivity contribution in [2.75, 3.05) is 5.88 Å². The van der Waals surface area contributed by atoms with Crippen LogP contribution in [0.2, 0.25) is 0 Å². The van der Waals surface area contributed by atoms with E-state index in [1.807, 2.05) is 0 Å². The molecular formula is C14H29ClS. The van der Waals surface area contributed by atoms with Gasteiger partial charge in [-0.3, -0.25) is 0 Å². The highest BCUT2D eigenvalue weighted by Crippen LogP contribution is 2.13. The van der Waals surface area contributed by atoms with Crippen LogP contribution in [0.5, 0.6) is 0 Å². The van der Waals surface area contributed by atoms with Crippen LogP contribution in [0.4, 0.5) is 0 Å². The van der Waals surface area contributed by atoms with Gasteiger partial charge < -0.3 is 0 Å². The molecule has 0 aliphatic carbocycles. The highest BCUT2D eigenvalue weighted by Gasteiger charge is 1.99. The monoisotopic (exact) mass is 264 g/mol. The lowest BCUT2D eigenvalue weighted by atomic mass is 10.1. The molecule has 0 aromatic rings. The SMILES string of the molecule is CCCCCCCCCCCCC(S)CCl. The maximum absolute atomic E-state index is 5.70. The van der Waals surface area contributed by atoms with Crippen LogP contribution >= 0.6 is 24.2 Å². The van der Waals surface area contributed by atoms with Gasteiger partial charge in [-0.1, -0.05) is 71.1 Å². The fourth-order valence-corrected chi connectivity index (χ4v) is 2.28. The Morgan fingerprint density at radius 1 is 0.812 bits per heavy atom. The van der Waals surface area contributed by atoms with Crippen molar-refractivity contribution in [1.29, 1.82) is 0 Å². The zero-order valence-electron chi connectivity index (χ0n) is 10.9. The van der Waals surface area contributed by atoms with Crippen LogP contribution in [0.15, 0.2) is 0 Å². The molecule has 2 heteroatoms. The number of hydrogen-bond donors (Lipinski definition) is 1. The largest absolute Gasteiger partial charge is 0.175 e. The second-order valence-corrected chi connectivity index (χ2v) is 5.82. The lowest BCUT2D eigenvalue weighted by molar-refractivity contribution is 0.550. The summed E-state index contributed by atoms with van der Waals surface area (Å²) in [4.78, 5) is 0. The average Bonchev–Trinajstić information content (AvgIpc) is 2.31. The van der Waals surface area contributed by atoms with Gasteiger partial charge >= 0.3 is 0 Å². The topological polar surface area (TPSA) is 0 Å². The van der Waals surface area contributed by atoms with Gasteiger partial charge in [-0.25, -0.2) is 0 Å². The Morgan fingerprint density at radius 2 is 1.25 bits per heavy atom. The van der Waals surface area contributed by atoms with E-state index in [1.54, 1.807) is 0 Å². The van der Waals surface area contributed by atoms with Crippen LogP contribution in [-0.4, -0.2) is 11.1 Å². The molecule has 1 unspecified atom stereocenters. The van der Waals surface area contributed by atoms with Crippen LogP contribution in [0, 0.1) is 0 Å². The second kappa shape index (κ2) is 13.7. The molecule has 0 amide bonds. The predicted molar refractivity (Wildman–Crippen MR) is 80.0 cm³/mol. The third kappa shape index (κ3) is 12.7. The van der Waals surface area contributed by atoms with Gasteiger partial charge in [-0.05, 0) is 6.42 Å². The van der Waals surface area contributed by atoms with Gasteiger partial charge in [0.2, 0.25) is 0 Å². The molecule has 1 atom stereocenters. The summed E-state index contributed by atoms with van der Waals surface area (Å²) in [6.45, 7) is 2.27. The Labute approximate surface area is 113 Å². The molecule has 0 aliphatic rings. The average molecular weight is 265 g/mol. The number of hydrogen-bond acceptors (Lipinski definition) is 1. The summed E-state index contributed by atoms with van der Waals surface area (Å²) in [6, 6.07) is 0. The van der Waals surface area contributed by atoms with E-state index in [0.29, 0.717) is 11.1 Å². The number of halogens is 1. The van der Waals surface area contributed by atoms with Crippen molar-refractivity contribution in [3.05, 3.63) is 0 Å². The molecule has 0 fully saturated rings. The fourth-order valence-electron chi connectivity index (χ4n) is 1.94. The van der Waals surface area contributed by atoms with Gasteiger partial charge in [-0.2, -0.15) is 12.6 Å². The third-order valence-electron chi connectivity index (χ3n) is 3.07. The van der Waals surface area contributed by atoms with Gasteiger partial charge in [0.1, 0.15) is 0 Å². The van der Waals surface area contributed by atoms with Crippen LogP contribution in [0.25, 0.3) is 0 Å². The van der Waals surface area contributed by atoms with E-state index < -0.39 is 0 Å². The van der Waals surface area contributed by atoms with E-state index >= 15 is 0 Å². The molecule has 16 heavy (non-hydrogen) atoms. The van der Waals surface area contributed by atoms with Gasteiger partial charge in [0.25, 0.3) is 0 Å². The standard InChI is InChI=1S/C14H29ClS/c1-2-3-4-5-6-7-8-9-10-11-12-14(16)13-15/h14,16H,2-13H2,1H3. The zero-order chi connectivity index (χ0) is 12.1. The lowest BCUT2D eigenvalue weighted by Gasteiger charge is -2.05. The molecule has 0 saturated heterocycles. The van der Waals surface area contributed by atoms with Crippen molar-refractivity contribution in [1.82, 2.24) is 0 Å². The minimum Gasteiger partial charge on any atom is -0.175 e. The highest BCUT2D eigenvalue weighted by atomic mass is 35.5. The second-order valence-electron chi connectivity index (χ2n) is 4.78. The zero-order valence-corrected chi connectivity index (χ0v) is 12.5. The smallest absolute Gasteiger partial charge is 0.0340 e. The first-order chi connectivity index (χ1) is 7.81. The molecule has 0 aromatic carbocycles. The summed E-state index contributed by atoms with van der Waals surface area (Å²) in [6.07, 6.45) is 15.2. The highest BCUT2D eigenvalue weighted by molar-refractivity contribution is 7.81. The molecule has 98 valence electrons. The Kier molecular flexibility index (Phi) is 14.3. The first kappa shape index (κ1) is 16.6. The van der Waals surface area contributed by atoms with Crippen molar-refractivity contribution in [3.8, 4) is 0 Å². The van der Waals surface area contributed by atoms with Crippen molar-refractivity contribution in [2.45, 2.75) is 82.8 Å². The maximum atomic E-state index is 5.70. The summed E-state index contributed by atoms with van der Waals surface area (Å²) in [7, 11) is 0. The van der Waals surface area contributed by atoms with Crippen molar-refractivity contribution in [2.24, 2.45) is 0 Å². The van der Waals surface area contributed by atoms with E-state index in [0.717, 1.165) is 0 Å². The number of rotatable bonds is 12. The van der Waals surface area contributed by atoms with Crippen LogP contribution < -0.4 is 0 Å². The van der Waals surface area contributed by atoms with Gasteiger partial charge in [0, 0.05) is 11.1 Å². The minimum atomic E-state index is 0.413. The maximum Gasteiger partial charge on any atom is 0.0340 e. The molecule has 0 aromatic heterocycles. The molecule has 0 heterocycles. The summed E-state index contributed by atoms with van der Waals surface area (Å²) in [5.74, 6) is 0.695. The third-order valence-corrected chi connectivity index (χ3v) is 4.10. The van der Waals surface area contributed by atoms with E-state index in [-0.39, 0.29) is 0 Å². The number of alkyl halides is 1. The van der Waals surface area contributed by atoms with E-state index in [2.05, 4.69) is 19.6 Å². The molecule has 0 rings (SSSR count). The molecule has 0 radical (unpaired) electrons. The van der Waals surface area contributed by atoms with E-state index in [9.17, 15) is 0 Å². The normalized spacial score (nSPS) is 12.9. The Bertz CT molecular complexity index is 128. The molecule has 0 bridgehead atoms. The molecule has 0 aliphatic heterocycles. The minimum absolute atomic E-state index is 0.413. The Balaban J connectivity index is 2.93. The van der Waals surface area contributed by atoms with Crippen molar-refractivity contribution >= 4 is 24.2 Å². The van der Waals surface area contributed by atoms with Gasteiger partial charge in [0.15, 0.2) is 0 Å². The molecule has 0 nitrogen and oxygen atoms in total. The first-order valence-corrected chi connectivity index (χ1v) is 8.10. The number of unbranched alkanes of at least 4 members (excludes halogenated alkanes) is 9. The quantitative estimate of drug-likeness (QED) is 0.256. The van der Waals surface area contributed by atoms with Gasteiger partial charge in [0.05, 0.1) is 0 Å². The lowest BCUT2D eigenvalue weighted by Crippen LogP contribution is -1.99. The summed E-state index contributed by atoms with van der Waals surface area (Å²) >= 11 is 10.1. The van der Waals surface area contributed by atoms with E-state index in [1.165, 1.54) is 70.6 Å². The van der Waals surface area contributed by atoms with E-state index in [4.69, 9.17) is 11.6 Å². The van der Waals surface area contributed by atoms with Crippen LogP contribution in [-0.2, 0) is 0 Å². The predicted octanol–water partition coefficient (Wildman–Crippen LogP) is 5.83. The Hall–Kier alpha value is 0.640. The summed E-state index contributed by atoms with van der Waals surface area (Å²) in [5, 5.41) is 0.413. The molecule has 0 spiro atoms. The van der Waals surface area contributed by atoms with Crippen LogP contribution in [0.3, 0.4) is 0 Å². The first-order valence-electron chi connectivity index (χ1n) is 7.05. The Morgan fingerprint density at radius 3 is 1.69 bits per heavy atom. The van der Waals surface area contributed by atoms with Crippen LogP contribution in [0.1, 0.15) is 77.6 Å². The molecule has 0 saturated carbocycles. The number of thiol groups is 1. The fraction of sp³-hybridized carbons (Fsp3) is 1.00. The van der Waals surface area contributed by atoms with Crippen molar-refractivity contribution in [3.63, 3.8) is 0 Å². The molecule has 0 N–H and O–H groups in total. The summed E-state index contributed by atoms with van der Waals surface area (Å²) in [5.41, 5.74) is 0. The van der Waals surface area contributed by atoms with Crippen molar-refractivity contribution < 1.29 is 0 Å².